The number of hydrogen-bond acceptors (Lipinski definition) is 4. The molecule has 0 aliphatic rings. The number of carbonyl (C=O) groups excluding carboxylic acids is 1. The molecule has 0 saturated heterocycles. The Morgan fingerprint density at radius 3 is 2.61 bits per heavy atom. The minimum absolute atomic E-state index is 0.0196. The largest absolute Gasteiger partial charge is 0.354 e. The van der Waals surface area contributed by atoms with E-state index in [-0.39, 0.29) is 23.2 Å². The zero-order chi connectivity index (χ0) is 20.1. The number of amides is 1. The third-order valence-electron chi connectivity index (χ3n) is 4.87. The van der Waals surface area contributed by atoms with Gasteiger partial charge in [-0.1, -0.05) is 26.0 Å². The third kappa shape index (κ3) is 4.27. The van der Waals surface area contributed by atoms with Crippen molar-refractivity contribution in [2.24, 2.45) is 5.92 Å². The summed E-state index contributed by atoms with van der Waals surface area (Å²) in [4.78, 5) is 29.1. The van der Waals surface area contributed by atoms with Crippen LogP contribution in [0, 0.1) is 11.7 Å². The van der Waals surface area contributed by atoms with Gasteiger partial charge in [0.15, 0.2) is 5.65 Å². The van der Waals surface area contributed by atoms with Crippen LogP contribution < -0.4 is 10.9 Å². The van der Waals surface area contributed by atoms with Crippen LogP contribution in [0.4, 0.5) is 4.39 Å². The van der Waals surface area contributed by atoms with Gasteiger partial charge in [-0.25, -0.2) is 14.1 Å². The number of hydrogen-bond donors (Lipinski definition) is 1. The number of rotatable bonds is 8. The average molecular weight is 385 g/mol. The van der Waals surface area contributed by atoms with E-state index in [2.05, 4.69) is 15.4 Å². The van der Waals surface area contributed by atoms with E-state index in [4.69, 9.17) is 0 Å². The highest BCUT2D eigenvalue weighted by Gasteiger charge is 2.14. The molecule has 0 atom stereocenters. The van der Waals surface area contributed by atoms with Crippen molar-refractivity contribution in [3.63, 3.8) is 0 Å². The highest BCUT2D eigenvalue weighted by molar-refractivity contribution is 5.78. The van der Waals surface area contributed by atoms with Crippen LogP contribution >= 0.6 is 0 Å². The van der Waals surface area contributed by atoms with Crippen molar-refractivity contribution in [1.29, 1.82) is 0 Å². The Bertz CT molecular complexity index is 1010. The Labute approximate surface area is 162 Å². The van der Waals surface area contributed by atoms with E-state index in [1.807, 2.05) is 13.8 Å². The monoisotopic (exact) mass is 385 g/mol. The first kappa shape index (κ1) is 19.7. The molecule has 0 spiro atoms. The molecule has 0 unspecified atom stereocenters. The van der Waals surface area contributed by atoms with Crippen LogP contribution in [0.15, 0.2) is 41.6 Å². The molecule has 3 aromatic rings. The molecular weight excluding hydrogens is 361 g/mol. The quantitative estimate of drug-likeness (QED) is 0.645. The molecule has 0 aliphatic heterocycles. The SMILES string of the molecule is CCC(CC)C(=O)NCCn1ncc2c(=O)n(Cc3ccc(F)cc3)cnc21. The number of nitrogens with zero attached hydrogens (tertiary/aromatic N) is 4. The van der Waals surface area contributed by atoms with Gasteiger partial charge >= 0.3 is 0 Å². The van der Waals surface area contributed by atoms with E-state index >= 15 is 0 Å². The number of halogens is 1. The van der Waals surface area contributed by atoms with Crippen LogP contribution in [0.25, 0.3) is 11.0 Å². The normalized spacial score (nSPS) is 11.3. The summed E-state index contributed by atoms with van der Waals surface area (Å²) in [7, 11) is 0. The Morgan fingerprint density at radius 2 is 1.93 bits per heavy atom. The minimum Gasteiger partial charge on any atom is -0.354 e. The van der Waals surface area contributed by atoms with Crippen molar-refractivity contribution in [2.75, 3.05) is 6.54 Å². The molecule has 0 saturated carbocycles. The molecule has 0 bridgehead atoms. The van der Waals surface area contributed by atoms with Gasteiger partial charge in [-0.05, 0) is 30.5 Å². The van der Waals surface area contributed by atoms with Crippen LogP contribution in [0.5, 0.6) is 0 Å². The molecule has 28 heavy (non-hydrogen) atoms. The summed E-state index contributed by atoms with van der Waals surface area (Å²) in [5, 5.41) is 7.56. The second-order valence-corrected chi connectivity index (χ2v) is 6.71. The molecular formula is C20H24FN5O2. The van der Waals surface area contributed by atoms with Crippen molar-refractivity contribution in [1.82, 2.24) is 24.6 Å². The van der Waals surface area contributed by atoms with Crippen molar-refractivity contribution in [3.05, 3.63) is 58.5 Å². The van der Waals surface area contributed by atoms with Gasteiger partial charge in [0.05, 0.1) is 19.3 Å². The van der Waals surface area contributed by atoms with E-state index in [0.717, 1.165) is 18.4 Å². The highest BCUT2D eigenvalue weighted by atomic mass is 19.1. The number of fused-ring (bicyclic) bond motifs is 1. The summed E-state index contributed by atoms with van der Waals surface area (Å²) in [6.07, 6.45) is 4.58. The molecule has 0 fully saturated rings. The zero-order valence-corrected chi connectivity index (χ0v) is 16.1. The van der Waals surface area contributed by atoms with Gasteiger partial charge in [-0.2, -0.15) is 5.10 Å². The molecule has 2 aromatic heterocycles. The molecule has 7 nitrogen and oxygen atoms in total. The first-order chi connectivity index (χ1) is 13.5. The van der Waals surface area contributed by atoms with Gasteiger partial charge in [0, 0.05) is 12.5 Å². The summed E-state index contributed by atoms with van der Waals surface area (Å²) in [5.74, 6) is -0.260. The molecule has 0 aliphatic carbocycles. The first-order valence-electron chi connectivity index (χ1n) is 9.46. The Hall–Kier alpha value is -3.03. The Balaban J connectivity index is 1.71. The lowest BCUT2D eigenvalue weighted by atomic mass is 10.0. The highest BCUT2D eigenvalue weighted by Crippen LogP contribution is 2.09. The van der Waals surface area contributed by atoms with Crippen LogP contribution in [0.1, 0.15) is 32.3 Å². The topological polar surface area (TPSA) is 81.8 Å². The number of benzene rings is 1. The second kappa shape index (κ2) is 8.77. The van der Waals surface area contributed by atoms with Gasteiger partial charge in [0.1, 0.15) is 17.5 Å². The maximum absolute atomic E-state index is 13.0. The molecule has 3 rings (SSSR count). The van der Waals surface area contributed by atoms with Gasteiger partial charge < -0.3 is 5.32 Å². The molecule has 1 amide bonds. The molecule has 148 valence electrons. The van der Waals surface area contributed by atoms with Crippen LogP contribution in [0.2, 0.25) is 0 Å². The van der Waals surface area contributed by atoms with E-state index in [0.29, 0.717) is 30.7 Å². The summed E-state index contributed by atoms with van der Waals surface area (Å²) < 4.78 is 16.1. The van der Waals surface area contributed by atoms with Crippen molar-refractivity contribution in [2.45, 2.75) is 39.8 Å². The molecule has 0 radical (unpaired) electrons. The van der Waals surface area contributed by atoms with Crippen LogP contribution in [-0.4, -0.2) is 31.8 Å². The maximum Gasteiger partial charge on any atom is 0.264 e. The summed E-state index contributed by atoms with van der Waals surface area (Å²) in [6, 6.07) is 6.00. The molecule has 1 aromatic carbocycles. The fourth-order valence-electron chi connectivity index (χ4n) is 3.15. The van der Waals surface area contributed by atoms with Crippen LogP contribution in [0.3, 0.4) is 0 Å². The van der Waals surface area contributed by atoms with E-state index in [1.54, 1.807) is 16.8 Å². The van der Waals surface area contributed by atoms with Gasteiger partial charge in [0.25, 0.3) is 5.56 Å². The van der Waals surface area contributed by atoms with Crippen molar-refractivity contribution in [3.8, 4) is 0 Å². The molecule has 1 N–H and O–H groups in total. The second-order valence-electron chi connectivity index (χ2n) is 6.71. The lowest BCUT2D eigenvalue weighted by Crippen LogP contribution is -2.32. The maximum atomic E-state index is 13.0. The Kier molecular flexibility index (Phi) is 6.18. The lowest BCUT2D eigenvalue weighted by Gasteiger charge is -2.12. The predicted octanol–water partition coefficient (Wildman–Crippen LogP) is 2.33. The lowest BCUT2D eigenvalue weighted by molar-refractivity contribution is -0.125. The van der Waals surface area contributed by atoms with Gasteiger partial charge in [-0.15, -0.1) is 0 Å². The van der Waals surface area contributed by atoms with Crippen LogP contribution in [-0.2, 0) is 17.9 Å². The predicted molar refractivity (Wildman–Crippen MR) is 104 cm³/mol. The fraction of sp³-hybridized carbons (Fsp3) is 0.400. The standard InChI is InChI=1S/C20H24FN5O2/c1-3-15(4-2)19(27)22-9-10-26-18-17(11-24-26)20(28)25(13-23-18)12-14-5-7-16(21)8-6-14/h5-8,11,13,15H,3-4,9-10,12H2,1-2H3,(H,22,27). The smallest absolute Gasteiger partial charge is 0.264 e. The number of nitrogens with one attached hydrogen (secondary N) is 1. The minimum atomic E-state index is -0.317. The molecule has 8 heteroatoms. The van der Waals surface area contributed by atoms with Crippen molar-refractivity contribution < 1.29 is 9.18 Å². The number of carbonyl (C=O) groups is 1. The summed E-state index contributed by atoms with van der Waals surface area (Å²) >= 11 is 0. The summed E-state index contributed by atoms with van der Waals surface area (Å²) in [6.45, 7) is 5.15. The van der Waals surface area contributed by atoms with Gasteiger partial charge in [0.2, 0.25) is 5.91 Å². The first-order valence-corrected chi connectivity index (χ1v) is 9.46. The van der Waals surface area contributed by atoms with Gasteiger partial charge in [-0.3, -0.25) is 14.2 Å². The van der Waals surface area contributed by atoms with Crippen molar-refractivity contribution >= 4 is 16.9 Å². The number of aromatic nitrogens is 4. The molecule has 2 heterocycles. The van der Waals surface area contributed by atoms with E-state index in [9.17, 15) is 14.0 Å². The zero-order valence-electron chi connectivity index (χ0n) is 16.1. The average Bonchev–Trinajstić information content (AvgIpc) is 3.10. The van der Waals surface area contributed by atoms with E-state index in [1.165, 1.54) is 29.2 Å². The fourth-order valence-corrected chi connectivity index (χ4v) is 3.15. The third-order valence-corrected chi connectivity index (χ3v) is 4.87. The summed E-state index contributed by atoms with van der Waals surface area (Å²) in [5.41, 5.74) is 1.08. The Morgan fingerprint density at radius 1 is 1.21 bits per heavy atom. The van der Waals surface area contributed by atoms with E-state index < -0.39 is 0 Å².